The summed E-state index contributed by atoms with van der Waals surface area (Å²) in [6, 6.07) is 151. The summed E-state index contributed by atoms with van der Waals surface area (Å²) < 4.78 is 2.58. The standard InChI is InChI=1S/C109H76BN3/c1-8-29-73(30-9-1)81-54-58-103-100(69-81)110-99-57-53-82(85-55-56-94-92-48-27-44-80-43-26-47-91(107(80)92)93-50-28-49-90(85)108(93)94)70-104(99)112(62-60-87-97(78-39-18-6-19-40-78)67-84(75-33-12-3-13-34-75)68-98(87)79-41-20-7-21-42-79)106-64-72(71-113-101-51-24-22-45-88(101)89-46-23-25-52-102(89)113)63-105(109(106)110)111(103)61-59-86-95(76-35-14-4-15-36-76)65-83(74-31-10-2-11-32-74)66-96(86)77-37-16-5-17-38-77/h1-58,63-70H,59-62,71H2. The van der Waals surface area contributed by atoms with Gasteiger partial charge in [0.1, 0.15) is 0 Å². The van der Waals surface area contributed by atoms with Gasteiger partial charge in [0, 0.05) is 64.2 Å². The Morgan fingerprint density at radius 2 is 0.611 bits per heavy atom. The fourth-order valence-electron chi connectivity index (χ4n) is 19.4. The van der Waals surface area contributed by atoms with Crippen molar-refractivity contribution < 1.29 is 0 Å². The molecule has 0 unspecified atom stereocenters. The van der Waals surface area contributed by atoms with Gasteiger partial charge in [-0.3, -0.25) is 0 Å². The lowest BCUT2D eigenvalue weighted by molar-refractivity contribution is 0.860. The molecule has 0 radical (unpaired) electrons. The van der Waals surface area contributed by atoms with Gasteiger partial charge in [-0.1, -0.05) is 340 Å². The van der Waals surface area contributed by atoms with Crippen LogP contribution in [-0.2, 0) is 19.4 Å². The van der Waals surface area contributed by atoms with Crippen molar-refractivity contribution in [2.45, 2.75) is 19.4 Å². The smallest absolute Gasteiger partial charge is 0.252 e. The van der Waals surface area contributed by atoms with Crippen LogP contribution < -0.4 is 26.2 Å². The molecule has 0 spiro atoms. The summed E-state index contributed by atoms with van der Waals surface area (Å²) in [5.41, 5.74) is 34.6. The average molecular weight is 1440 g/mol. The van der Waals surface area contributed by atoms with Crippen LogP contribution in [0.1, 0.15) is 16.7 Å². The normalized spacial score (nSPS) is 12.4. The minimum Gasteiger partial charge on any atom is -0.342 e. The fourth-order valence-corrected chi connectivity index (χ4v) is 19.4. The monoisotopic (exact) mass is 1440 g/mol. The fraction of sp³-hybridized carbons (Fsp3) is 0.0459. The highest BCUT2D eigenvalue weighted by atomic mass is 15.2. The number of aromatic nitrogens is 1. The number of rotatable bonds is 16. The topological polar surface area (TPSA) is 11.4 Å². The lowest BCUT2D eigenvalue weighted by Gasteiger charge is -2.45. The quantitative estimate of drug-likeness (QED) is 0.0543. The van der Waals surface area contributed by atoms with Crippen molar-refractivity contribution in [1.29, 1.82) is 0 Å². The summed E-state index contributed by atoms with van der Waals surface area (Å²) in [6.07, 6.45) is 1.49. The van der Waals surface area contributed by atoms with E-state index in [1.54, 1.807) is 0 Å². The molecule has 2 aliphatic rings. The number of benzene rings is 19. The molecule has 0 saturated carbocycles. The number of hydrogen-bond donors (Lipinski definition) is 0. The third-order valence-electron chi connectivity index (χ3n) is 24.5. The number of para-hydroxylation sites is 2. The second kappa shape index (κ2) is 27.5. The molecule has 0 amide bonds. The number of fused-ring (bicyclic) bond motifs is 9. The first-order valence-corrected chi connectivity index (χ1v) is 39.8. The van der Waals surface area contributed by atoms with Crippen LogP contribution in [0.15, 0.2) is 400 Å². The van der Waals surface area contributed by atoms with Gasteiger partial charge in [-0.2, -0.15) is 0 Å². The van der Waals surface area contributed by atoms with E-state index in [-0.39, 0.29) is 6.71 Å². The van der Waals surface area contributed by atoms with Crippen molar-refractivity contribution in [3.8, 4) is 89.0 Å². The molecule has 2 aliphatic heterocycles. The Hall–Kier alpha value is -14.1. The van der Waals surface area contributed by atoms with Crippen molar-refractivity contribution >= 4 is 111 Å². The Kier molecular flexibility index (Phi) is 16.1. The molecule has 0 aliphatic carbocycles. The van der Waals surface area contributed by atoms with E-state index >= 15 is 0 Å². The van der Waals surface area contributed by atoms with E-state index in [1.165, 1.54) is 210 Å². The van der Waals surface area contributed by atoms with E-state index in [1.807, 2.05) is 0 Å². The highest BCUT2D eigenvalue weighted by molar-refractivity contribution is 7.00. The second-order valence-electron chi connectivity index (χ2n) is 30.7. The van der Waals surface area contributed by atoms with E-state index in [0.29, 0.717) is 19.6 Å². The summed E-state index contributed by atoms with van der Waals surface area (Å²) in [5, 5.41) is 12.9. The van der Waals surface area contributed by atoms with E-state index in [4.69, 9.17) is 0 Å². The van der Waals surface area contributed by atoms with Crippen LogP contribution in [0.4, 0.5) is 22.7 Å². The zero-order valence-corrected chi connectivity index (χ0v) is 62.6. The molecule has 0 fully saturated rings. The van der Waals surface area contributed by atoms with Crippen molar-refractivity contribution in [1.82, 2.24) is 4.57 Å². The predicted molar refractivity (Wildman–Crippen MR) is 482 cm³/mol. The first-order valence-electron chi connectivity index (χ1n) is 39.8. The zero-order valence-electron chi connectivity index (χ0n) is 62.6. The lowest BCUT2D eigenvalue weighted by Crippen LogP contribution is -2.62. The average Bonchev–Trinajstić information content (AvgIpc) is 1.25. The van der Waals surface area contributed by atoms with Crippen LogP contribution in [0, 0.1) is 0 Å². The van der Waals surface area contributed by atoms with E-state index in [2.05, 4.69) is 415 Å². The summed E-state index contributed by atoms with van der Waals surface area (Å²) >= 11 is 0. The van der Waals surface area contributed by atoms with Gasteiger partial charge in [-0.05, 0) is 239 Å². The van der Waals surface area contributed by atoms with Crippen molar-refractivity contribution in [2.24, 2.45) is 0 Å². The van der Waals surface area contributed by atoms with Crippen LogP contribution >= 0.6 is 0 Å². The van der Waals surface area contributed by atoms with Crippen LogP contribution in [0.2, 0.25) is 0 Å². The minimum absolute atomic E-state index is 0.152. The van der Waals surface area contributed by atoms with Gasteiger partial charge < -0.3 is 14.4 Å². The molecule has 0 saturated heterocycles. The summed E-state index contributed by atoms with van der Waals surface area (Å²) in [6.45, 7) is 1.87. The van der Waals surface area contributed by atoms with Crippen molar-refractivity contribution in [2.75, 3.05) is 22.9 Å². The van der Waals surface area contributed by atoms with Gasteiger partial charge in [0.05, 0.1) is 0 Å². The van der Waals surface area contributed by atoms with Crippen molar-refractivity contribution in [3.05, 3.63) is 417 Å². The highest BCUT2D eigenvalue weighted by Crippen LogP contribution is 2.48. The predicted octanol–water partition coefficient (Wildman–Crippen LogP) is 26.1. The molecule has 3 heterocycles. The molecule has 0 N–H and O–H groups in total. The molecule has 0 atom stereocenters. The Morgan fingerprint density at radius 1 is 0.221 bits per heavy atom. The van der Waals surface area contributed by atoms with Crippen LogP contribution in [0.3, 0.4) is 0 Å². The van der Waals surface area contributed by atoms with E-state index < -0.39 is 0 Å². The molecule has 4 heteroatoms. The third-order valence-corrected chi connectivity index (χ3v) is 24.5. The van der Waals surface area contributed by atoms with Gasteiger partial charge >= 0.3 is 0 Å². The van der Waals surface area contributed by atoms with Crippen molar-refractivity contribution in [3.63, 3.8) is 0 Å². The van der Waals surface area contributed by atoms with Gasteiger partial charge in [0.15, 0.2) is 0 Å². The first kappa shape index (κ1) is 66.0. The van der Waals surface area contributed by atoms with Crippen LogP contribution in [-0.4, -0.2) is 24.4 Å². The maximum absolute atomic E-state index is 2.79. The SMILES string of the molecule is c1ccc(-c2ccc3c(c2)B2c4ccc(-c5ccc6c7cccc8cccc(c9cccc5c96)c87)cc4N(CCc4c(-c5ccccc5)cc(-c5ccccc5)cc4-c4ccccc4)c4cc(Cn5c6ccccc6c6ccccc65)cc(c42)N3CCc2c(-c3ccccc3)cc(-c3ccccc3)cc2-c2ccccc2)cc1. The van der Waals surface area contributed by atoms with Gasteiger partial charge in [0.2, 0.25) is 0 Å². The molecule has 113 heavy (non-hydrogen) atoms. The zero-order chi connectivity index (χ0) is 74.5. The lowest BCUT2D eigenvalue weighted by atomic mass is 9.33. The van der Waals surface area contributed by atoms with Gasteiger partial charge in [-0.25, -0.2) is 0 Å². The second-order valence-corrected chi connectivity index (χ2v) is 30.7. The minimum atomic E-state index is -0.152. The number of nitrogens with zero attached hydrogens (tertiary/aromatic N) is 3. The van der Waals surface area contributed by atoms with Crippen LogP contribution in [0.5, 0.6) is 0 Å². The Bertz CT molecular complexity index is 6840. The molecule has 530 valence electrons. The number of hydrogen-bond acceptors (Lipinski definition) is 2. The number of anilines is 4. The highest BCUT2D eigenvalue weighted by Gasteiger charge is 2.44. The Morgan fingerprint density at radius 3 is 1.10 bits per heavy atom. The Balaban J connectivity index is 0.809. The maximum Gasteiger partial charge on any atom is 0.252 e. The molecule has 20 aromatic rings. The third kappa shape index (κ3) is 11.3. The largest absolute Gasteiger partial charge is 0.342 e. The summed E-state index contributed by atoms with van der Waals surface area (Å²) in [5.74, 6) is 0. The summed E-state index contributed by atoms with van der Waals surface area (Å²) in [4.78, 5) is 5.53. The molecular formula is C109H76BN3. The summed E-state index contributed by atoms with van der Waals surface area (Å²) in [7, 11) is 0. The molecular weight excluding hydrogens is 1360 g/mol. The molecule has 1 aromatic heterocycles. The van der Waals surface area contributed by atoms with E-state index in [0.717, 1.165) is 12.8 Å². The maximum atomic E-state index is 2.79. The van der Waals surface area contributed by atoms with Gasteiger partial charge in [-0.15, -0.1) is 0 Å². The molecule has 3 nitrogen and oxygen atoms in total. The van der Waals surface area contributed by atoms with Crippen LogP contribution in [0.25, 0.3) is 154 Å². The van der Waals surface area contributed by atoms with E-state index in [9.17, 15) is 0 Å². The molecule has 0 bridgehead atoms. The van der Waals surface area contributed by atoms with Gasteiger partial charge in [0.25, 0.3) is 6.71 Å². The Labute approximate surface area is 659 Å². The first-order chi connectivity index (χ1) is 56.1. The molecule has 22 rings (SSSR count). The molecule has 19 aromatic carbocycles.